The van der Waals surface area contributed by atoms with Crippen molar-refractivity contribution in [2.75, 3.05) is 10.8 Å². The van der Waals surface area contributed by atoms with Crippen molar-refractivity contribution in [3.05, 3.63) is 94.5 Å². The zero-order chi connectivity index (χ0) is 23.3. The van der Waals surface area contributed by atoms with Crippen LogP contribution in [0.4, 0.5) is 5.69 Å². The predicted molar refractivity (Wildman–Crippen MR) is 129 cm³/mol. The molecule has 0 aliphatic carbocycles. The van der Waals surface area contributed by atoms with Crippen molar-refractivity contribution in [2.45, 2.75) is 25.7 Å². The average Bonchev–Trinajstić information content (AvgIpc) is 2.77. The van der Waals surface area contributed by atoms with Crippen molar-refractivity contribution < 1.29 is 13.2 Å². The summed E-state index contributed by atoms with van der Waals surface area (Å²) in [5.74, 6) is -0.561. The van der Waals surface area contributed by atoms with Crippen molar-refractivity contribution in [1.29, 1.82) is 0 Å². The van der Waals surface area contributed by atoms with Gasteiger partial charge >= 0.3 is 0 Å². The second-order valence-electron chi connectivity index (χ2n) is 7.40. The lowest BCUT2D eigenvalue weighted by Gasteiger charge is -2.24. The van der Waals surface area contributed by atoms with Gasteiger partial charge in [-0.25, -0.2) is 13.8 Å². The summed E-state index contributed by atoms with van der Waals surface area (Å²) in [6.45, 7) is 5.22. The van der Waals surface area contributed by atoms with Gasteiger partial charge in [0.1, 0.15) is 6.54 Å². The van der Waals surface area contributed by atoms with Gasteiger partial charge in [-0.2, -0.15) is 5.10 Å². The van der Waals surface area contributed by atoms with Crippen LogP contribution in [-0.2, 0) is 14.8 Å². The van der Waals surface area contributed by atoms with Gasteiger partial charge in [0, 0.05) is 5.02 Å². The largest absolute Gasteiger partial charge is 0.271 e. The lowest BCUT2D eigenvalue weighted by Crippen LogP contribution is -2.39. The number of carbonyl (C=O) groups excluding carboxylic acids is 1. The molecule has 0 spiro atoms. The summed E-state index contributed by atoms with van der Waals surface area (Å²) in [4.78, 5) is 12.7. The van der Waals surface area contributed by atoms with Crippen molar-refractivity contribution in [3.8, 4) is 0 Å². The maximum Gasteiger partial charge on any atom is 0.264 e. The number of hydrogen-bond donors (Lipinski definition) is 1. The Labute approximate surface area is 193 Å². The summed E-state index contributed by atoms with van der Waals surface area (Å²) in [6.07, 6.45) is 0. The number of sulfonamides is 1. The van der Waals surface area contributed by atoms with Crippen molar-refractivity contribution in [3.63, 3.8) is 0 Å². The Morgan fingerprint density at radius 2 is 1.44 bits per heavy atom. The maximum absolute atomic E-state index is 13.3. The van der Waals surface area contributed by atoms with Gasteiger partial charge in [0.05, 0.1) is 16.3 Å². The molecule has 166 valence electrons. The first-order valence-corrected chi connectivity index (χ1v) is 11.7. The topological polar surface area (TPSA) is 78.8 Å². The zero-order valence-electron chi connectivity index (χ0n) is 18.0. The summed E-state index contributed by atoms with van der Waals surface area (Å²) in [5.41, 5.74) is 6.40. The molecule has 0 aromatic heterocycles. The van der Waals surface area contributed by atoms with Crippen LogP contribution in [0, 0.1) is 13.8 Å². The minimum absolute atomic E-state index is 0.0367. The van der Waals surface area contributed by atoms with Crippen LogP contribution < -0.4 is 9.73 Å². The van der Waals surface area contributed by atoms with Gasteiger partial charge in [-0.15, -0.1) is 0 Å². The highest BCUT2D eigenvalue weighted by Gasteiger charge is 2.27. The van der Waals surface area contributed by atoms with Crippen LogP contribution in [0.1, 0.15) is 23.6 Å². The zero-order valence-corrected chi connectivity index (χ0v) is 19.6. The highest BCUT2D eigenvalue weighted by molar-refractivity contribution is 7.92. The molecule has 32 heavy (non-hydrogen) atoms. The number of nitrogens with zero attached hydrogens (tertiary/aromatic N) is 2. The first-order valence-electron chi connectivity index (χ1n) is 9.92. The lowest BCUT2D eigenvalue weighted by molar-refractivity contribution is -0.119. The van der Waals surface area contributed by atoms with Crippen molar-refractivity contribution in [1.82, 2.24) is 5.43 Å². The van der Waals surface area contributed by atoms with Crippen molar-refractivity contribution >= 4 is 38.9 Å². The van der Waals surface area contributed by atoms with E-state index in [9.17, 15) is 13.2 Å². The molecule has 3 aromatic carbocycles. The van der Waals surface area contributed by atoms with E-state index in [-0.39, 0.29) is 4.90 Å². The number of benzene rings is 3. The summed E-state index contributed by atoms with van der Waals surface area (Å²) < 4.78 is 27.7. The SMILES string of the molecule is C/C(=N/NC(=O)CN(c1ccc(C)cc1)S(=O)(=O)c1ccc(Cl)cc1)c1ccc(C)cc1. The number of carbonyl (C=O) groups is 1. The van der Waals surface area contributed by atoms with Crippen molar-refractivity contribution in [2.24, 2.45) is 5.10 Å². The Hall–Kier alpha value is -3.16. The molecule has 0 heterocycles. The molecule has 0 fully saturated rings. The molecule has 0 saturated heterocycles. The average molecular weight is 470 g/mol. The Balaban J connectivity index is 1.86. The molecule has 3 aromatic rings. The van der Waals surface area contributed by atoms with Crippen LogP contribution in [0.3, 0.4) is 0 Å². The molecule has 0 atom stereocenters. The van der Waals surface area contributed by atoms with Gasteiger partial charge in [-0.05, 0) is 62.7 Å². The Morgan fingerprint density at radius 1 is 0.906 bits per heavy atom. The van der Waals surface area contributed by atoms with Crippen LogP contribution in [0.25, 0.3) is 0 Å². The highest BCUT2D eigenvalue weighted by atomic mass is 35.5. The molecular weight excluding hydrogens is 446 g/mol. The summed E-state index contributed by atoms with van der Waals surface area (Å²) in [7, 11) is -4.01. The van der Waals surface area contributed by atoms with E-state index in [2.05, 4.69) is 10.5 Å². The van der Waals surface area contributed by atoms with Crippen LogP contribution in [0.5, 0.6) is 0 Å². The van der Waals surface area contributed by atoms with E-state index in [0.29, 0.717) is 16.4 Å². The third-order valence-corrected chi connectivity index (χ3v) is 6.87. The number of rotatable bonds is 7. The molecule has 0 radical (unpaired) electrons. The van der Waals surface area contributed by atoms with Gasteiger partial charge in [0.15, 0.2) is 0 Å². The second kappa shape index (κ2) is 9.97. The minimum atomic E-state index is -4.01. The van der Waals surface area contributed by atoms with E-state index in [1.807, 2.05) is 38.1 Å². The smallest absolute Gasteiger partial charge is 0.264 e. The second-order valence-corrected chi connectivity index (χ2v) is 9.70. The predicted octanol–water partition coefficient (Wildman–Crippen LogP) is 4.69. The molecule has 0 bridgehead atoms. The summed E-state index contributed by atoms with van der Waals surface area (Å²) in [5, 5.41) is 4.55. The molecule has 0 aliphatic rings. The van der Waals surface area contributed by atoms with Crippen LogP contribution in [0.2, 0.25) is 5.02 Å². The van der Waals surface area contributed by atoms with E-state index in [1.165, 1.54) is 24.3 Å². The number of anilines is 1. The molecule has 0 saturated carbocycles. The molecule has 3 rings (SSSR count). The van der Waals surface area contributed by atoms with E-state index in [4.69, 9.17) is 11.6 Å². The summed E-state index contributed by atoms with van der Waals surface area (Å²) in [6, 6.07) is 20.4. The van der Waals surface area contributed by atoms with Gasteiger partial charge in [0.25, 0.3) is 15.9 Å². The normalized spacial score (nSPS) is 11.8. The first-order chi connectivity index (χ1) is 15.2. The third kappa shape index (κ3) is 5.75. The number of amides is 1. The number of aryl methyl sites for hydroxylation is 2. The fraction of sp³-hybridized carbons (Fsp3) is 0.167. The Kier molecular flexibility index (Phi) is 7.33. The summed E-state index contributed by atoms with van der Waals surface area (Å²) >= 11 is 5.90. The van der Waals surface area contributed by atoms with Crippen LogP contribution in [-0.4, -0.2) is 26.6 Å². The fourth-order valence-corrected chi connectivity index (χ4v) is 4.48. The molecule has 0 unspecified atom stereocenters. The third-order valence-electron chi connectivity index (χ3n) is 4.83. The van der Waals surface area contributed by atoms with Gasteiger partial charge in [-0.3, -0.25) is 9.10 Å². The number of halogens is 1. The number of nitrogens with one attached hydrogen (secondary N) is 1. The quantitative estimate of drug-likeness (QED) is 0.402. The monoisotopic (exact) mass is 469 g/mol. The molecule has 0 aliphatic heterocycles. The minimum Gasteiger partial charge on any atom is -0.271 e. The van der Waals surface area contributed by atoms with E-state index < -0.39 is 22.5 Å². The number of hydrazone groups is 1. The van der Waals surface area contributed by atoms with E-state index in [0.717, 1.165) is 21.0 Å². The Bertz CT molecular complexity index is 1220. The van der Waals surface area contributed by atoms with Gasteiger partial charge in [0.2, 0.25) is 0 Å². The molecule has 6 nitrogen and oxygen atoms in total. The molecule has 8 heteroatoms. The molecular formula is C24H24ClN3O3S. The standard InChI is InChI=1S/C24H24ClN3O3S/c1-17-4-8-20(9-5-17)19(3)26-27-24(29)16-28(22-12-6-18(2)7-13-22)32(30,31)23-14-10-21(25)11-15-23/h4-15H,16H2,1-3H3,(H,27,29)/b26-19-. The van der Waals surface area contributed by atoms with Crippen LogP contribution >= 0.6 is 11.6 Å². The van der Waals surface area contributed by atoms with Gasteiger partial charge in [-0.1, -0.05) is 59.1 Å². The van der Waals surface area contributed by atoms with Crippen LogP contribution in [0.15, 0.2) is 82.8 Å². The lowest BCUT2D eigenvalue weighted by atomic mass is 10.1. The first kappa shape index (κ1) is 23.5. The highest BCUT2D eigenvalue weighted by Crippen LogP contribution is 2.25. The van der Waals surface area contributed by atoms with Gasteiger partial charge < -0.3 is 0 Å². The molecule has 1 amide bonds. The number of hydrogen-bond acceptors (Lipinski definition) is 4. The molecule has 1 N–H and O–H groups in total. The Morgan fingerprint density at radius 3 is 2.00 bits per heavy atom. The van der Waals surface area contributed by atoms with E-state index >= 15 is 0 Å². The fourth-order valence-electron chi connectivity index (χ4n) is 2.93. The van der Waals surface area contributed by atoms with E-state index in [1.54, 1.807) is 31.2 Å². The maximum atomic E-state index is 13.3.